The average molecular weight is 364 g/mol. The van der Waals surface area contributed by atoms with E-state index in [4.69, 9.17) is 0 Å². The molecule has 0 radical (unpaired) electrons. The van der Waals surface area contributed by atoms with Crippen molar-refractivity contribution in [3.8, 4) is 5.69 Å². The molecule has 7 heteroatoms. The van der Waals surface area contributed by atoms with Crippen LogP contribution in [0.15, 0.2) is 36.5 Å². The number of amides is 1. The smallest absolute Gasteiger partial charge is 0.254 e. The third-order valence-electron chi connectivity index (χ3n) is 4.31. The number of carbonyl (C=O) groups excluding carboxylic acids is 1. The van der Waals surface area contributed by atoms with E-state index in [1.54, 1.807) is 10.9 Å². The first-order valence-electron chi connectivity index (χ1n) is 8.57. The lowest BCUT2D eigenvalue weighted by Crippen LogP contribution is -2.44. The molecule has 0 atom stereocenters. The first-order chi connectivity index (χ1) is 11.7. The standard InChI is InChI=1S/C18H25N5O.ClH/c1-15-17(14-23(21-15)16-6-3-2-4-7-16)18(24)20-8-5-11-22-12-9-19-10-13-22;/h2-4,6-7,14,19H,5,8-13H2,1H3,(H,20,24);1H. The van der Waals surface area contributed by atoms with Gasteiger partial charge in [0, 0.05) is 38.9 Å². The Kier molecular flexibility index (Phi) is 7.43. The fourth-order valence-corrected chi connectivity index (χ4v) is 2.93. The van der Waals surface area contributed by atoms with Gasteiger partial charge in [0.2, 0.25) is 0 Å². The molecule has 136 valence electrons. The third-order valence-corrected chi connectivity index (χ3v) is 4.31. The number of benzene rings is 1. The van der Waals surface area contributed by atoms with E-state index in [9.17, 15) is 4.79 Å². The van der Waals surface area contributed by atoms with Crippen LogP contribution < -0.4 is 10.6 Å². The van der Waals surface area contributed by atoms with Crippen LogP contribution in [0.5, 0.6) is 0 Å². The topological polar surface area (TPSA) is 62.2 Å². The predicted octanol–water partition coefficient (Wildman–Crippen LogP) is 1.63. The number of halogens is 1. The summed E-state index contributed by atoms with van der Waals surface area (Å²) in [6.07, 6.45) is 2.77. The van der Waals surface area contributed by atoms with Gasteiger partial charge in [0.1, 0.15) is 0 Å². The maximum Gasteiger partial charge on any atom is 0.254 e. The van der Waals surface area contributed by atoms with Crippen LogP contribution in [0.4, 0.5) is 0 Å². The molecule has 1 aromatic carbocycles. The monoisotopic (exact) mass is 363 g/mol. The van der Waals surface area contributed by atoms with Crippen LogP contribution in [0.1, 0.15) is 22.5 Å². The summed E-state index contributed by atoms with van der Waals surface area (Å²) in [6, 6.07) is 9.83. The highest BCUT2D eigenvalue weighted by Gasteiger charge is 2.14. The Balaban J connectivity index is 0.00000225. The summed E-state index contributed by atoms with van der Waals surface area (Å²) in [7, 11) is 0. The Hall–Kier alpha value is -1.89. The first kappa shape index (κ1) is 19.4. The summed E-state index contributed by atoms with van der Waals surface area (Å²) in [5.41, 5.74) is 2.35. The predicted molar refractivity (Wildman–Crippen MR) is 102 cm³/mol. The van der Waals surface area contributed by atoms with Crippen LogP contribution in [-0.4, -0.2) is 59.9 Å². The van der Waals surface area contributed by atoms with Crippen LogP contribution in [0.25, 0.3) is 5.69 Å². The molecule has 2 heterocycles. The summed E-state index contributed by atoms with van der Waals surface area (Å²) >= 11 is 0. The molecule has 1 amide bonds. The van der Waals surface area contributed by atoms with Crippen LogP contribution >= 0.6 is 12.4 Å². The van der Waals surface area contributed by atoms with Crippen LogP contribution in [0.2, 0.25) is 0 Å². The van der Waals surface area contributed by atoms with E-state index in [-0.39, 0.29) is 18.3 Å². The summed E-state index contributed by atoms with van der Waals surface area (Å²) in [6.45, 7) is 7.90. The second-order valence-corrected chi connectivity index (χ2v) is 6.11. The van der Waals surface area contributed by atoms with Crippen molar-refractivity contribution >= 4 is 18.3 Å². The highest BCUT2D eigenvalue weighted by molar-refractivity contribution is 5.95. The number of carbonyl (C=O) groups is 1. The maximum atomic E-state index is 12.4. The Bertz CT molecular complexity index is 667. The van der Waals surface area contributed by atoms with Gasteiger partial charge in [-0.3, -0.25) is 4.79 Å². The zero-order valence-electron chi connectivity index (χ0n) is 14.6. The molecule has 0 saturated carbocycles. The molecule has 2 N–H and O–H groups in total. The number of hydrogen-bond acceptors (Lipinski definition) is 4. The van der Waals surface area contributed by atoms with Crippen LogP contribution in [0.3, 0.4) is 0 Å². The van der Waals surface area contributed by atoms with Gasteiger partial charge in [0.25, 0.3) is 5.91 Å². The van der Waals surface area contributed by atoms with Crippen molar-refractivity contribution in [1.29, 1.82) is 0 Å². The Labute approximate surface area is 155 Å². The third kappa shape index (κ3) is 5.29. The minimum Gasteiger partial charge on any atom is -0.352 e. The largest absolute Gasteiger partial charge is 0.352 e. The Morgan fingerprint density at radius 3 is 2.68 bits per heavy atom. The number of rotatable bonds is 6. The molecule has 1 aliphatic rings. The van der Waals surface area contributed by atoms with Gasteiger partial charge in [0.05, 0.1) is 16.9 Å². The molecule has 0 bridgehead atoms. The average Bonchev–Trinajstić information content (AvgIpc) is 3.02. The molecule has 2 aromatic rings. The number of aryl methyl sites for hydroxylation is 1. The van der Waals surface area contributed by atoms with Crippen molar-refractivity contribution in [2.75, 3.05) is 39.3 Å². The zero-order chi connectivity index (χ0) is 16.8. The van der Waals surface area contributed by atoms with E-state index in [2.05, 4.69) is 20.6 Å². The van der Waals surface area contributed by atoms with E-state index in [0.29, 0.717) is 12.1 Å². The van der Waals surface area contributed by atoms with Gasteiger partial charge in [0.15, 0.2) is 0 Å². The van der Waals surface area contributed by atoms with Gasteiger partial charge in [-0.05, 0) is 32.0 Å². The fourth-order valence-electron chi connectivity index (χ4n) is 2.93. The minimum absolute atomic E-state index is 0. The highest BCUT2D eigenvalue weighted by atomic mass is 35.5. The zero-order valence-corrected chi connectivity index (χ0v) is 15.4. The lowest BCUT2D eigenvalue weighted by molar-refractivity contribution is 0.0950. The lowest BCUT2D eigenvalue weighted by atomic mass is 10.2. The van der Waals surface area contributed by atoms with E-state index in [0.717, 1.165) is 50.5 Å². The van der Waals surface area contributed by atoms with Gasteiger partial charge in [-0.25, -0.2) is 4.68 Å². The molecule has 1 aliphatic heterocycles. The van der Waals surface area contributed by atoms with Gasteiger partial charge < -0.3 is 15.5 Å². The number of piperazine rings is 1. The quantitative estimate of drug-likeness (QED) is 0.766. The lowest BCUT2D eigenvalue weighted by Gasteiger charge is -2.27. The van der Waals surface area contributed by atoms with Crippen molar-refractivity contribution in [3.05, 3.63) is 47.8 Å². The maximum absolute atomic E-state index is 12.4. The molecule has 25 heavy (non-hydrogen) atoms. The van der Waals surface area contributed by atoms with E-state index in [1.165, 1.54) is 0 Å². The summed E-state index contributed by atoms with van der Waals surface area (Å²) in [4.78, 5) is 14.8. The summed E-state index contributed by atoms with van der Waals surface area (Å²) in [5.74, 6) is -0.0463. The van der Waals surface area contributed by atoms with E-state index in [1.807, 2.05) is 37.3 Å². The number of hydrogen-bond donors (Lipinski definition) is 2. The van der Waals surface area contributed by atoms with Gasteiger partial charge in [-0.2, -0.15) is 5.10 Å². The minimum atomic E-state index is -0.0463. The van der Waals surface area contributed by atoms with E-state index < -0.39 is 0 Å². The van der Waals surface area contributed by atoms with Gasteiger partial charge in [-0.15, -0.1) is 12.4 Å². The number of nitrogens with zero attached hydrogens (tertiary/aromatic N) is 3. The van der Waals surface area contributed by atoms with Crippen molar-refractivity contribution < 1.29 is 4.79 Å². The Morgan fingerprint density at radius 1 is 1.24 bits per heavy atom. The van der Waals surface area contributed by atoms with Crippen molar-refractivity contribution in [2.24, 2.45) is 0 Å². The normalized spacial score (nSPS) is 14.8. The molecule has 0 aliphatic carbocycles. The molecule has 0 unspecified atom stereocenters. The number of para-hydroxylation sites is 1. The van der Waals surface area contributed by atoms with Crippen molar-refractivity contribution in [3.63, 3.8) is 0 Å². The van der Waals surface area contributed by atoms with Gasteiger partial charge >= 0.3 is 0 Å². The molecule has 0 spiro atoms. The molecule has 3 rings (SSSR count). The second-order valence-electron chi connectivity index (χ2n) is 6.11. The van der Waals surface area contributed by atoms with Crippen molar-refractivity contribution in [1.82, 2.24) is 25.3 Å². The molecular formula is C18H26ClN5O. The Morgan fingerprint density at radius 2 is 1.96 bits per heavy atom. The first-order valence-corrected chi connectivity index (χ1v) is 8.57. The second kappa shape index (κ2) is 9.56. The molecule has 1 saturated heterocycles. The molecule has 6 nitrogen and oxygen atoms in total. The molecular weight excluding hydrogens is 338 g/mol. The fraction of sp³-hybridized carbons (Fsp3) is 0.444. The van der Waals surface area contributed by atoms with E-state index >= 15 is 0 Å². The summed E-state index contributed by atoms with van der Waals surface area (Å²) < 4.78 is 1.75. The van der Waals surface area contributed by atoms with Crippen LogP contribution in [0, 0.1) is 6.92 Å². The van der Waals surface area contributed by atoms with Gasteiger partial charge in [-0.1, -0.05) is 18.2 Å². The van der Waals surface area contributed by atoms with Crippen molar-refractivity contribution in [2.45, 2.75) is 13.3 Å². The molecule has 1 aromatic heterocycles. The number of nitrogens with one attached hydrogen (secondary N) is 2. The highest BCUT2D eigenvalue weighted by Crippen LogP contribution is 2.11. The molecule has 1 fully saturated rings. The summed E-state index contributed by atoms with van der Waals surface area (Å²) in [5, 5.41) is 10.8. The number of aromatic nitrogens is 2. The SMILES string of the molecule is Cc1nn(-c2ccccc2)cc1C(=O)NCCCN1CCNCC1.Cl. The van der Waals surface area contributed by atoms with Crippen LogP contribution in [-0.2, 0) is 0 Å².